The van der Waals surface area contributed by atoms with Crippen LogP contribution in [0.4, 0.5) is 10.1 Å². The highest BCUT2D eigenvalue weighted by Crippen LogP contribution is 2.45. The van der Waals surface area contributed by atoms with Crippen LogP contribution in [0.3, 0.4) is 0 Å². The number of fused-ring (bicyclic) bond motifs is 1. The number of amides is 5. The van der Waals surface area contributed by atoms with Crippen molar-refractivity contribution in [3.05, 3.63) is 70.0 Å². The largest absolute Gasteiger partial charge is 0.490 e. The van der Waals surface area contributed by atoms with Crippen LogP contribution >= 0.6 is 11.6 Å². The van der Waals surface area contributed by atoms with E-state index in [1.807, 2.05) is 9.58 Å². The third-order valence-electron chi connectivity index (χ3n) is 13.6. The Hall–Kier alpha value is -5.40. The fourth-order valence-electron chi connectivity index (χ4n) is 10.1. The van der Waals surface area contributed by atoms with Gasteiger partial charge in [-0.2, -0.15) is 5.26 Å². The van der Waals surface area contributed by atoms with E-state index < -0.39 is 35.5 Å². The first-order valence-corrected chi connectivity index (χ1v) is 21.4. The number of hydrogen-bond acceptors (Lipinski definition) is 11. The molecule has 1 unspecified atom stereocenters. The van der Waals surface area contributed by atoms with Crippen molar-refractivity contribution in [3.8, 4) is 11.8 Å². The van der Waals surface area contributed by atoms with Crippen molar-refractivity contribution in [2.45, 2.75) is 101 Å². The first-order chi connectivity index (χ1) is 29.0. The van der Waals surface area contributed by atoms with E-state index in [0.29, 0.717) is 41.0 Å². The number of imide groups is 2. The number of ether oxygens (including phenoxy) is 1. The molecule has 6 aliphatic rings. The number of nitrogens with zero attached hydrogens (tertiary/aromatic N) is 7. The third kappa shape index (κ3) is 7.85. The normalized spacial score (nSPS) is 26.6. The van der Waals surface area contributed by atoms with Gasteiger partial charge in [-0.1, -0.05) is 11.6 Å². The van der Waals surface area contributed by atoms with Crippen molar-refractivity contribution in [1.82, 2.24) is 35.2 Å². The number of rotatable bonds is 9. The van der Waals surface area contributed by atoms with Crippen LogP contribution in [0.25, 0.3) is 0 Å². The number of carbonyl (C=O) groups is 5. The number of likely N-dealkylation sites (tertiary alicyclic amines) is 1. The van der Waals surface area contributed by atoms with Gasteiger partial charge in [-0.15, -0.1) is 5.10 Å². The van der Waals surface area contributed by atoms with E-state index in [9.17, 15) is 24.0 Å². The fourth-order valence-corrected chi connectivity index (χ4v) is 10.3. The van der Waals surface area contributed by atoms with Crippen LogP contribution in [0.1, 0.15) is 120 Å². The van der Waals surface area contributed by atoms with E-state index in [2.05, 4.69) is 31.7 Å². The molecule has 5 fully saturated rings. The molecule has 1 atom stereocenters. The van der Waals surface area contributed by atoms with Gasteiger partial charge in [0, 0.05) is 43.6 Å². The Morgan fingerprint density at radius 2 is 1.68 bits per heavy atom. The molecular formula is C43H47ClFN9O6. The maximum atomic E-state index is 15.4. The maximum absolute atomic E-state index is 15.4. The zero-order valence-corrected chi connectivity index (χ0v) is 34.0. The summed E-state index contributed by atoms with van der Waals surface area (Å²) in [7, 11) is 0. The van der Waals surface area contributed by atoms with Gasteiger partial charge in [-0.25, -0.2) is 14.1 Å². The molecule has 3 aromatic rings. The lowest BCUT2D eigenvalue weighted by atomic mass is 9.71. The van der Waals surface area contributed by atoms with Crippen molar-refractivity contribution in [3.63, 3.8) is 0 Å². The standard InChI is InChI=1S/C43H47ClFN9O6/c44-33-17-30(8-3-26(33)20-46)60-29-9-4-27(5-10-29)48-40(57)38-47-24-53(50-38)28-6-1-25(2-7-28)21-51-15-13-43(14-16-51)22-52(23-43)36-19-32-31(18-34(36)45)41(58)54(42(32)59)35-11-12-37(55)49-39(35)56/h3,8,17-19,24-25,27-29,35H,1-2,4-7,9-16,21-23H2,(H,48,57)(H,49,55,56). The number of halogens is 2. The number of nitrogens with one attached hydrogen (secondary N) is 2. The van der Waals surface area contributed by atoms with Gasteiger partial charge in [0.25, 0.3) is 17.7 Å². The number of piperidine rings is 2. The topological polar surface area (TPSA) is 183 Å². The molecule has 2 N–H and O–H groups in total. The van der Waals surface area contributed by atoms with Crippen LogP contribution in [0.15, 0.2) is 36.7 Å². The molecule has 2 aliphatic carbocycles. The predicted octanol–water partition coefficient (Wildman–Crippen LogP) is 4.80. The van der Waals surface area contributed by atoms with E-state index >= 15 is 4.39 Å². The van der Waals surface area contributed by atoms with Gasteiger partial charge in [0.15, 0.2) is 0 Å². The molecule has 0 bridgehead atoms. The summed E-state index contributed by atoms with van der Waals surface area (Å²) < 4.78 is 23.4. The fraction of sp³-hybridized carbons (Fsp3) is 0.535. The van der Waals surface area contributed by atoms with Crippen LogP contribution in [-0.2, 0) is 9.59 Å². The van der Waals surface area contributed by atoms with Gasteiger partial charge in [-0.05, 0) is 114 Å². The minimum absolute atomic E-state index is 0.0134. The average Bonchev–Trinajstić information content (AvgIpc) is 3.81. The molecule has 1 spiro atoms. The summed E-state index contributed by atoms with van der Waals surface area (Å²) >= 11 is 6.15. The molecule has 3 saturated heterocycles. The molecule has 60 heavy (non-hydrogen) atoms. The minimum atomic E-state index is -1.09. The van der Waals surface area contributed by atoms with Gasteiger partial charge >= 0.3 is 0 Å². The van der Waals surface area contributed by atoms with E-state index in [1.165, 1.54) is 6.07 Å². The molecular weight excluding hydrogens is 793 g/mol. The molecule has 5 heterocycles. The highest BCUT2D eigenvalue weighted by molar-refractivity contribution is 6.31. The molecule has 2 aromatic carbocycles. The number of carbonyl (C=O) groups excluding carboxylic acids is 5. The zero-order valence-electron chi connectivity index (χ0n) is 33.2. The van der Waals surface area contributed by atoms with Gasteiger partial charge < -0.3 is 19.9 Å². The van der Waals surface area contributed by atoms with Crippen molar-refractivity contribution in [1.29, 1.82) is 5.26 Å². The van der Waals surface area contributed by atoms with Gasteiger partial charge in [0.1, 0.15) is 30.0 Å². The Labute approximate surface area is 351 Å². The van der Waals surface area contributed by atoms with Crippen LogP contribution < -0.4 is 20.3 Å². The lowest BCUT2D eigenvalue weighted by Crippen LogP contribution is -2.61. The number of nitriles is 1. The van der Waals surface area contributed by atoms with Crippen molar-refractivity contribution >= 4 is 46.8 Å². The lowest BCUT2D eigenvalue weighted by molar-refractivity contribution is -0.136. The Morgan fingerprint density at radius 3 is 2.37 bits per heavy atom. The first-order valence-electron chi connectivity index (χ1n) is 21.1. The van der Waals surface area contributed by atoms with Crippen molar-refractivity contribution in [2.24, 2.45) is 11.3 Å². The Bertz CT molecular complexity index is 2260. The molecule has 9 rings (SSSR count). The summed E-state index contributed by atoms with van der Waals surface area (Å²) in [5.41, 5.74) is 0.818. The monoisotopic (exact) mass is 839 g/mol. The summed E-state index contributed by atoms with van der Waals surface area (Å²) in [6.45, 7) is 4.32. The molecule has 314 valence electrons. The number of benzene rings is 2. The number of anilines is 1. The summed E-state index contributed by atoms with van der Waals surface area (Å²) in [4.78, 5) is 73.3. The van der Waals surface area contributed by atoms with Gasteiger partial charge in [0.05, 0.1) is 39.5 Å². The quantitative estimate of drug-likeness (QED) is 0.283. The SMILES string of the molecule is N#Cc1ccc(OC2CCC(NC(=O)c3ncn(C4CCC(CN5CCC6(CC5)CN(c5cc7c(cc5F)C(=O)N(C5CCC(=O)NC5=O)C7=O)C6)CC4)n3)CC2)cc1Cl. The second-order valence-corrected chi connectivity index (χ2v) is 17.9. The predicted molar refractivity (Wildman–Crippen MR) is 215 cm³/mol. The molecule has 1 aromatic heterocycles. The van der Waals surface area contributed by atoms with Crippen LogP contribution in [0.5, 0.6) is 5.75 Å². The molecule has 0 radical (unpaired) electrons. The molecule has 5 amide bonds. The highest BCUT2D eigenvalue weighted by Gasteiger charge is 2.48. The summed E-state index contributed by atoms with van der Waals surface area (Å²) in [6, 6.07) is 8.83. The first kappa shape index (κ1) is 40.0. The molecule has 15 nitrogen and oxygen atoms in total. The smallest absolute Gasteiger partial charge is 0.291 e. The van der Waals surface area contributed by atoms with Gasteiger partial charge in [0.2, 0.25) is 17.6 Å². The van der Waals surface area contributed by atoms with E-state index in [0.717, 1.165) is 94.8 Å². The lowest BCUT2D eigenvalue weighted by Gasteiger charge is -2.55. The Kier molecular flexibility index (Phi) is 10.8. The summed E-state index contributed by atoms with van der Waals surface area (Å²) in [5.74, 6) is -1.91. The summed E-state index contributed by atoms with van der Waals surface area (Å²) in [6.07, 6.45) is 11.0. The van der Waals surface area contributed by atoms with Crippen molar-refractivity contribution < 1.29 is 33.1 Å². The maximum Gasteiger partial charge on any atom is 0.291 e. The molecule has 17 heteroatoms. The van der Waals surface area contributed by atoms with Gasteiger partial charge in [-0.3, -0.25) is 34.2 Å². The molecule has 2 saturated carbocycles. The second-order valence-electron chi connectivity index (χ2n) is 17.5. The van der Waals surface area contributed by atoms with E-state index in [-0.39, 0.29) is 59.3 Å². The van der Waals surface area contributed by atoms with E-state index in [1.54, 1.807) is 24.5 Å². The number of hydrogen-bond donors (Lipinski definition) is 2. The van der Waals surface area contributed by atoms with Crippen LogP contribution in [-0.4, -0.2) is 105 Å². The third-order valence-corrected chi connectivity index (χ3v) is 13.9. The minimum Gasteiger partial charge on any atom is -0.490 e. The van der Waals surface area contributed by atoms with Crippen LogP contribution in [0, 0.1) is 28.5 Å². The average molecular weight is 840 g/mol. The Morgan fingerprint density at radius 1 is 0.967 bits per heavy atom. The highest BCUT2D eigenvalue weighted by atomic mass is 35.5. The zero-order chi connectivity index (χ0) is 41.7. The molecule has 4 aliphatic heterocycles. The van der Waals surface area contributed by atoms with Crippen LogP contribution in [0.2, 0.25) is 5.02 Å². The Balaban J connectivity index is 0.696. The van der Waals surface area contributed by atoms with Crippen molar-refractivity contribution in [2.75, 3.05) is 37.6 Å². The van der Waals surface area contributed by atoms with E-state index in [4.69, 9.17) is 21.6 Å². The second kappa shape index (κ2) is 16.2. The number of aromatic nitrogens is 3. The summed E-state index contributed by atoms with van der Waals surface area (Å²) in [5, 5.41) is 19.3.